The van der Waals surface area contributed by atoms with Crippen molar-refractivity contribution in [2.75, 3.05) is 5.32 Å². The maximum Gasteiger partial charge on any atom is 0.307 e. The van der Waals surface area contributed by atoms with Crippen LogP contribution >= 0.6 is 15.9 Å². The van der Waals surface area contributed by atoms with Crippen molar-refractivity contribution >= 4 is 50.7 Å². The highest BCUT2D eigenvalue weighted by Crippen LogP contribution is 2.26. The van der Waals surface area contributed by atoms with Gasteiger partial charge in [0.15, 0.2) is 5.58 Å². The predicted molar refractivity (Wildman–Crippen MR) is 123 cm³/mol. The lowest BCUT2D eigenvalue weighted by Crippen LogP contribution is -2.07. The quantitative estimate of drug-likeness (QED) is 0.356. The number of benzene rings is 3. The molecule has 4 aromatic rings. The van der Waals surface area contributed by atoms with Gasteiger partial charge in [-0.25, -0.2) is 4.98 Å². The average molecular weight is 477 g/mol. The van der Waals surface area contributed by atoms with Crippen molar-refractivity contribution in [3.05, 3.63) is 88.4 Å². The topological polar surface area (TPSA) is 92.4 Å². The number of anilines is 1. The minimum Gasteiger partial charge on any atom is -0.481 e. The van der Waals surface area contributed by atoms with E-state index in [0.29, 0.717) is 28.2 Å². The number of rotatable bonds is 6. The van der Waals surface area contributed by atoms with Crippen molar-refractivity contribution < 1.29 is 19.1 Å². The van der Waals surface area contributed by atoms with Crippen LogP contribution in [0.1, 0.15) is 11.1 Å². The minimum atomic E-state index is -0.896. The summed E-state index contributed by atoms with van der Waals surface area (Å²) in [5.74, 6) is -0.706. The summed E-state index contributed by atoms with van der Waals surface area (Å²) in [6.45, 7) is 0. The summed E-state index contributed by atoms with van der Waals surface area (Å²) in [5, 5.41) is 11.7. The van der Waals surface area contributed by atoms with Gasteiger partial charge in [0.1, 0.15) is 5.52 Å². The lowest BCUT2D eigenvalue weighted by atomic mass is 10.1. The highest BCUT2D eigenvalue weighted by Gasteiger charge is 2.10. The molecular weight excluding hydrogens is 460 g/mol. The summed E-state index contributed by atoms with van der Waals surface area (Å²) in [7, 11) is 0. The maximum absolute atomic E-state index is 12.2. The smallest absolute Gasteiger partial charge is 0.307 e. The van der Waals surface area contributed by atoms with Crippen LogP contribution in [0.3, 0.4) is 0 Å². The second kappa shape index (κ2) is 8.97. The van der Waals surface area contributed by atoms with Gasteiger partial charge in [-0.2, -0.15) is 0 Å². The number of amides is 1. The van der Waals surface area contributed by atoms with E-state index in [9.17, 15) is 9.59 Å². The van der Waals surface area contributed by atoms with Gasteiger partial charge in [0, 0.05) is 21.8 Å². The van der Waals surface area contributed by atoms with Crippen LogP contribution in [-0.4, -0.2) is 22.0 Å². The zero-order chi connectivity index (χ0) is 21.8. The summed E-state index contributed by atoms with van der Waals surface area (Å²) < 4.78 is 6.72. The largest absolute Gasteiger partial charge is 0.481 e. The molecule has 31 heavy (non-hydrogen) atoms. The molecule has 3 aromatic carbocycles. The van der Waals surface area contributed by atoms with Crippen molar-refractivity contribution in [3.63, 3.8) is 0 Å². The molecule has 0 radical (unpaired) electrons. The standard InChI is InChI=1S/C24H17BrN2O4/c25-18-3-1-2-15(12-18)5-11-22(28)26-19-8-6-17(7-9-19)24-27-20-13-16(14-23(29)30)4-10-21(20)31-24/h1-13H,14H2,(H,26,28)(H,29,30). The number of halogens is 1. The third-order valence-corrected chi connectivity index (χ3v) is 4.98. The van der Waals surface area contributed by atoms with Crippen LogP contribution < -0.4 is 5.32 Å². The molecule has 1 heterocycles. The molecule has 6 nitrogen and oxygen atoms in total. The van der Waals surface area contributed by atoms with Crippen LogP contribution in [0.2, 0.25) is 0 Å². The molecule has 0 aliphatic rings. The number of carboxylic acid groups (broad SMARTS) is 1. The average Bonchev–Trinajstić information content (AvgIpc) is 3.16. The summed E-state index contributed by atoms with van der Waals surface area (Å²) in [4.78, 5) is 27.5. The van der Waals surface area contributed by atoms with Gasteiger partial charge in [-0.05, 0) is 65.7 Å². The summed E-state index contributed by atoms with van der Waals surface area (Å²) >= 11 is 3.40. The first kappa shape index (κ1) is 20.6. The Kier molecular flexibility index (Phi) is 5.95. The van der Waals surface area contributed by atoms with E-state index in [1.54, 1.807) is 48.5 Å². The van der Waals surface area contributed by atoms with Crippen LogP contribution in [0.15, 0.2) is 81.7 Å². The van der Waals surface area contributed by atoms with E-state index in [4.69, 9.17) is 9.52 Å². The van der Waals surface area contributed by atoms with Gasteiger partial charge in [-0.3, -0.25) is 9.59 Å². The van der Waals surface area contributed by atoms with Crippen molar-refractivity contribution in [1.82, 2.24) is 4.98 Å². The summed E-state index contributed by atoms with van der Waals surface area (Å²) in [5.41, 5.74) is 4.16. The number of carbonyl (C=O) groups is 2. The highest BCUT2D eigenvalue weighted by atomic mass is 79.9. The van der Waals surface area contributed by atoms with Gasteiger partial charge >= 0.3 is 5.97 Å². The normalized spacial score (nSPS) is 11.1. The molecule has 0 unspecified atom stereocenters. The van der Waals surface area contributed by atoms with Gasteiger partial charge < -0.3 is 14.8 Å². The summed E-state index contributed by atoms with van der Waals surface area (Å²) in [6, 6.07) is 19.9. The third-order valence-electron chi connectivity index (χ3n) is 4.48. The fraction of sp³-hybridized carbons (Fsp3) is 0.0417. The van der Waals surface area contributed by atoms with Crippen LogP contribution in [0.5, 0.6) is 0 Å². The fourth-order valence-corrected chi connectivity index (χ4v) is 3.46. The van der Waals surface area contributed by atoms with E-state index in [1.165, 1.54) is 6.08 Å². The number of nitrogens with one attached hydrogen (secondary N) is 1. The van der Waals surface area contributed by atoms with Gasteiger partial charge in [0.25, 0.3) is 0 Å². The Balaban J connectivity index is 1.45. The Bertz CT molecular complexity index is 1290. The molecule has 0 fully saturated rings. The van der Waals surface area contributed by atoms with Gasteiger partial charge in [-0.1, -0.05) is 34.1 Å². The Morgan fingerprint density at radius 2 is 1.87 bits per heavy atom. The van der Waals surface area contributed by atoms with E-state index < -0.39 is 5.97 Å². The number of oxazole rings is 1. The Morgan fingerprint density at radius 3 is 2.61 bits per heavy atom. The first-order valence-electron chi connectivity index (χ1n) is 9.42. The number of fused-ring (bicyclic) bond motifs is 1. The van der Waals surface area contributed by atoms with E-state index >= 15 is 0 Å². The molecule has 4 rings (SSSR count). The molecule has 0 saturated carbocycles. The summed E-state index contributed by atoms with van der Waals surface area (Å²) in [6.07, 6.45) is 3.15. The predicted octanol–water partition coefficient (Wildman–Crippen LogP) is 5.54. The first-order valence-corrected chi connectivity index (χ1v) is 10.2. The number of aliphatic carboxylic acids is 1. The molecule has 154 valence electrons. The Morgan fingerprint density at radius 1 is 1.06 bits per heavy atom. The molecule has 2 N–H and O–H groups in total. The highest BCUT2D eigenvalue weighted by molar-refractivity contribution is 9.10. The molecule has 1 aromatic heterocycles. The van der Waals surface area contributed by atoms with Crippen LogP contribution in [0, 0.1) is 0 Å². The number of carbonyl (C=O) groups excluding carboxylic acids is 1. The van der Waals surface area contributed by atoms with Crippen LogP contribution in [-0.2, 0) is 16.0 Å². The minimum absolute atomic E-state index is 0.0669. The Labute approximate surface area is 186 Å². The maximum atomic E-state index is 12.2. The van der Waals surface area contributed by atoms with Gasteiger partial charge in [0.2, 0.25) is 11.8 Å². The lowest BCUT2D eigenvalue weighted by Gasteiger charge is -2.03. The molecule has 0 aliphatic carbocycles. The second-order valence-electron chi connectivity index (χ2n) is 6.85. The van der Waals surface area contributed by atoms with Crippen molar-refractivity contribution in [2.24, 2.45) is 0 Å². The van der Waals surface area contributed by atoms with E-state index in [-0.39, 0.29) is 12.3 Å². The van der Waals surface area contributed by atoms with Crippen molar-refractivity contribution in [2.45, 2.75) is 6.42 Å². The number of hydrogen-bond acceptors (Lipinski definition) is 4. The molecule has 0 spiro atoms. The number of carboxylic acids is 1. The van der Waals surface area contributed by atoms with E-state index in [0.717, 1.165) is 15.6 Å². The zero-order valence-corrected chi connectivity index (χ0v) is 17.8. The van der Waals surface area contributed by atoms with Crippen molar-refractivity contribution in [3.8, 4) is 11.5 Å². The second-order valence-corrected chi connectivity index (χ2v) is 7.76. The molecule has 0 saturated heterocycles. The first-order chi connectivity index (χ1) is 15.0. The van der Waals surface area contributed by atoms with Crippen LogP contribution in [0.25, 0.3) is 28.6 Å². The molecular formula is C24H17BrN2O4. The molecule has 7 heteroatoms. The SMILES string of the molecule is O=C(O)Cc1ccc2oc(-c3ccc(NC(=O)C=Cc4cccc(Br)c4)cc3)nc2c1. The number of hydrogen-bond donors (Lipinski definition) is 2. The van der Waals surface area contributed by atoms with E-state index in [1.807, 2.05) is 24.3 Å². The van der Waals surface area contributed by atoms with Gasteiger partial charge in [-0.15, -0.1) is 0 Å². The van der Waals surface area contributed by atoms with Crippen molar-refractivity contribution in [1.29, 1.82) is 0 Å². The van der Waals surface area contributed by atoms with Gasteiger partial charge in [0.05, 0.1) is 6.42 Å². The molecule has 0 aliphatic heterocycles. The molecule has 0 atom stereocenters. The number of nitrogens with zero attached hydrogens (tertiary/aromatic N) is 1. The lowest BCUT2D eigenvalue weighted by molar-refractivity contribution is -0.136. The molecule has 0 bridgehead atoms. The fourth-order valence-electron chi connectivity index (χ4n) is 3.04. The third kappa shape index (κ3) is 5.26. The molecule has 1 amide bonds. The van der Waals surface area contributed by atoms with Crippen LogP contribution in [0.4, 0.5) is 5.69 Å². The monoisotopic (exact) mass is 476 g/mol. The van der Waals surface area contributed by atoms with E-state index in [2.05, 4.69) is 26.2 Å². The number of aromatic nitrogens is 1. The zero-order valence-electron chi connectivity index (χ0n) is 16.2. The Hall–Kier alpha value is -3.71.